The van der Waals surface area contributed by atoms with E-state index in [-0.39, 0.29) is 11.4 Å². The third-order valence-electron chi connectivity index (χ3n) is 6.59. The van der Waals surface area contributed by atoms with Gasteiger partial charge in [-0.05, 0) is 60.0 Å². The number of carboxylic acids is 1. The number of ether oxygens (including phenoxy) is 1. The number of fused-ring (bicyclic) bond motifs is 1. The Bertz CT molecular complexity index is 1140. The summed E-state index contributed by atoms with van der Waals surface area (Å²) in [5, 5.41) is 13.1. The first kappa shape index (κ1) is 26.1. The maximum absolute atomic E-state index is 12.3. The molecule has 36 heavy (non-hydrogen) atoms. The Morgan fingerprint density at radius 2 is 1.94 bits per heavy atom. The maximum atomic E-state index is 12.3. The number of alkyl halides is 3. The van der Waals surface area contributed by atoms with Gasteiger partial charge in [-0.1, -0.05) is 36.4 Å². The molecule has 3 aromatic rings. The van der Waals surface area contributed by atoms with Crippen LogP contribution in [0.15, 0.2) is 59.4 Å². The summed E-state index contributed by atoms with van der Waals surface area (Å²) in [6.07, 6.45) is -4.65. The number of carbonyl (C=O) groups is 1. The normalized spacial score (nSPS) is 20.8. The maximum Gasteiger partial charge on any atom is 0.573 e. The monoisotopic (exact) mass is 519 g/mol. The minimum absolute atomic E-state index is 0.120. The van der Waals surface area contributed by atoms with Gasteiger partial charge in [-0.2, -0.15) is 0 Å². The van der Waals surface area contributed by atoms with E-state index in [9.17, 15) is 18.0 Å². The first-order valence-electron chi connectivity index (χ1n) is 11.6. The van der Waals surface area contributed by atoms with Gasteiger partial charge in [0, 0.05) is 31.6 Å². The SMILES string of the molecule is Cc1ccccc1CN1CC2C(CNCc3cccc(OC(F)(F)F)c3)C2C1.O=C(O)c1cscn1. The second-order valence-corrected chi connectivity index (χ2v) is 9.84. The number of benzene rings is 2. The van der Waals surface area contributed by atoms with Crippen LogP contribution in [0.2, 0.25) is 0 Å². The Morgan fingerprint density at radius 3 is 2.56 bits per heavy atom. The molecule has 2 heterocycles. The van der Waals surface area contributed by atoms with Gasteiger partial charge in [0.15, 0.2) is 5.69 Å². The predicted octanol–water partition coefficient (Wildman–Crippen LogP) is 5.20. The van der Waals surface area contributed by atoms with Crippen LogP contribution in [0.1, 0.15) is 27.2 Å². The number of hydrogen-bond acceptors (Lipinski definition) is 6. The van der Waals surface area contributed by atoms with E-state index in [2.05, 4.69) is 51.1 Å². The zero-order chi connectivity index (χ0) is 25.7. The number of carboxylic acid groups (broad SMARTS) is 1. The molecule has 0 spiro atoms. The summed E-state index contributed by atoms with van der Waals surface area (Å²) in [5.74, 6) is 1.05. The van der Waals surface area contributed by atoms with E-state index in [1.165, 1.54) is 45.5 Å². The standard InChI is InChI=1S/C22H25F3N2O.C4H3NO2S/c1-15-5-2-3-7-17(15)12-27-13-20-19(21(20)14-27)11-26-10-16-6-4-8-18(9-16)28-22(23,24)25;6-4(7)3-1-8-2-5-3/h2-9,19-21,26H,10-14H2,1H3;1-2H,(H,6,7). The van der Waals surface area contributed by atoms with Gasteiger partial charge < -0.3 is 15.2 Å². The lowest BCUT2D eigenvalue weighted by Gasteiger charge is -2.20. The van der Waals surface area contributed by atoms with Crippen molar-refractivity contribution in [1.82, 2.24) is 15.2 Å². The lowest BCUT2D eigenvalue weighted by molar-refractivity contribution is -0.274. The highest BCUT2D eigenvalue weighted by Crippen LogP contribution is 2.51. The molecule has 1 aromatic heterocycles. The van der Waals surface area contributed by atoms with Gasteiger partial charge in [-0.3, -0.25) is 4.90 Å². The Hall–Kier alpha value is -2.95. The molecule has 2 aliphatic rings. The summed E-state index contributed by atoms with van der Waals surface area (Å²) in [4.78, 5) is 16.1. The second-order valence-electron chi connectivity index (χ2n) is 9.12. The summed E-state index contributed by atoms with van der Waals surface area (Å²) >= 11 is 1.28. The Labute approximate surface area is 211 Å². The molecule has 192 valence electrons. The molecule has 1 aliphatic heterocycles. The molecule has 0 radical (unpaired) electrons. The molecular weight excluding hydrogens is 491 g/mol. The first-order chi connectivity index (χ1) is 17.2. The average molecular weight is 520 g/mol. The Morgan fingerprint density at radius 1 is 1.19 bits per heavy atom. The van der Waals surface area contributed by atoms with Gasteiger partial charge in [0.25, 0.3) is 0 Å². The molecule has 10 heteroatoms. The molecule has 5 rings (SSSR count). The molecule has 2 aromatic carbocycles. The number of nitrogens with zero attached hydrogens (tertiary/aromatic N) is 2. The highest BCUT2D eigenvalue weighted by molar-refractivity contribution is 7.07. The number of piperidine rings is 1. The van der Waals surface area contributed by atoms with Crippen molar-refractivity contribution in [3.63, 3.8) is 0 Å². The number of halogens is 3. The van der Waals surface area contributed by atoms with E-state index in [1.807, 2.05) is 6.07 Å². The van der Waals surface area contributed by atoms with Crippen LogP contribution in [0.5, 0.6) is 5.75 Å². The lowest BCUT2D eigenvalue weighted by atomic mass is 10.1. The van der Waals surface area contributed by atoms with E-state index < -0.39 is 12.3 Å². The second kappa shape index (κ2) is 11.4. The summed E-state index contributed by atoms with van der Waals surface area (Å²) in [7, 11) is 0. The summed E-state index contributed by atoms with van der Waals surface area (Å²) in [6, 6.07) is 14.7. The number of hydrogen-bond donors (Lipinski definition) is 2. The molecule has 2 fully saturated rings. The fraction of sp³-hybridized carbons (Fsp3) is 0.385. The average Bonchev–Trinajstić information content (AvgIpc) is 3.20. The van der Waals surface area contributed by atoms with Gasteiger partial charge in [0.1, 0.15) is 5.75 Å². The van der Waals surface area contributed by atoms with E-state index in [0.29, 0.717) is 12.5 Å². The minimum atomic E-state index is -4.65. The van der Waals surface area contributed by atoms with Crippen LogP contribution >= 0.6 is 11.3 Å². The van der Waals surface area contributed by atoms with Crippen molar-refractivity contribution in [3.8, 4) is 5.75 Å². The van der Waals surface area contributed by atoms with Crippen molar-refractivity contribution in [1.29, 1.82) is 0 Å². The molecule has 0 bridgehead atoms. The summed E-state index contributed by atoms with van der Waals surface area (Å²) in [5.41, 5.74) is 5.16. The molecule has 1 aliphatic carbocycles. The van der Waals surface area contributed by atoms with Crippen molar-refractivity contribution in [3.05, 3.63) is 81.8 Å². The van der Waals surface area contributed by atoms with Gasteiger partial charge in [0.05, 0.1) is 5.51 Å². The minimum Gasteiger partial charge on any atom is -0.476 e. The fourth-order valence-corrected chi connectivity index (χ4v) is 5.28. The van der Waals surface area contributed by atoms with Gasteiger partial charge in [-0.25, -0.2) is 9.78 Å². The third kappa shape index (κ3) is 7.28. The number of aryl methyl sites for hydroxylation is 1. The molecule has 1 saturated carbocycles. The number of likely N-dealkylation sites (tertiary alicyclic amines) is 1. The smallest absolute Gasteiger partial charge is 0.476 e. The van der Waals surface area contributed by atoms with Crippen molar-refractivity contribution in [2.24, 2.45) is 17.8 Å². The van der Waals surface area contributed by atoms with Crippen LogP contribution in [-0.2, 0) is 13.1 Å². The predicted molar refractivity (Wildman–Crippen MR) is 131 cm³/mol. The number of rotatable bonds is 8. The summed E-state index contributed by atoms with van der Waals surface area (Å²) in [6.45, 7) is 6.93. The largest absolute Gasteiger partial charge is 0.573 e. The lowest BCUT2D eigenvalue weighted by Crippen LogP contribution is -2.27. The molecule has 2 N–H and O–H groups in total. The molecule has 2 unspecified atom stereocenters. The van der Waals surface area contributed by atoms with Crippen molar-refractivity contribution in [2.75, 3.05) is 19.6 Å². The Balaban J connectivity index is 0.000000325. The molecule has 0 amide bonds. The van der Waals surface area contributed by atoms with Crippen LogP contribution in [0.4, 0.5) is 13.2 Å². The molecular formula is C26H28F3N3O3S. The van der Waals surface area contributed by atoms with Crippen molar-refractivity contribution in [2.45, 2.75) is 26.4 Å². The quantitative estimate of drug-likeness (QED) is 0.426. The molecule has 1 saturated heterocycles. The summed E-state index contributed by atoms with van der Waals surface area (Å²) < 4.78 is 40.9. The Kier molecular flexibility index (Phi) is 8.28. The van der Waals surface area contributed by atoms with E-state index >= 15 is 0 Å². The highest BCUT2D eigenvalue weighted by Gasteiger charge is 2.54. The van der Waals surface area contributed by atoms with Crippen LogP contribution in [0.25, 0.3) is 0 Å². The van der Waals surface area contributed by atoms with Crippen LogP contribution in [0, 0.1) is 24.7 Å². The number of aromatic carboxylic acids is 1. The van der Waals surface area contributed by atoms with Gasteiger partial charge >= 0.3 is 12.3 Å². The topological polar surface area (TPSA) is 74.7 Å². The van der Waals surface area contributed by atoms with Gasteiger partial charge in [-0.15, -0.1) is 24.5 Å². The van der Waals surface area contributed by atoms with Crippen molar-refractivity contribution >= 4 is 17.3 Å². The number of aromatic nitrogens is 1. The molecule has 2 atom stereocenters. The van der Waals surface area contributed by atoms with Gasteiger partial charge in [0.2, 0.25) is 0 Å². The fourth-order valence-electron chi connectivity index (χ4n) is 4.75. The molecule has 6 nitrogen and oxygen atoms in total. The van der Waals surface area contributed by atoms with Crippen LogP contribution < -0.4 is 10.1 Å². The van der Waals surface area contributed by atoms with Crippen molar-refractivity contribution < 1.29 is 27.8 Å². The van der Waals surface area contributed by atoms with E-state index in [0.717, 1.165) is 43.6 Å². The van der Waals surface area contributed by atoms with Crippen LogP contribution in [-0.4, -0.2) is 47.0 Å². The number of thiazole rings is 1. The highest BCUT2D eigenvalue weighted by atomic mass is 32.1. The van der Waals surface area contributed by atoms with E-state index in [1.54, 1.807) is 6.07 Å². The zero-order valence-corrected chi connectivity index (χ0v) is 20.6. The van der Waals surface area contributed by atoms with Crippen LogP contribution in [0.3, 0.4) is 0 Å². The zero-order valence-electron chi connectivity index (χ0n) is 19.7. The third-order valence-corrected chi connectivity index (χ3v) is 7.18. The van der Waals surface area contributed by atoms with E-state index in [4.69, 9.17) is 5.11 Å². The number of nitrogens with one attached hydrogen (secondary N) is 1. The first-order valence-corrected chi connectivity index (χ1v) is 12.6.